The van der Waals surface area contributed by atoms with Gasteiger partial charge in [-0.1, -0.05) is 6.07 Å². The summed E-state index contributed by atoms with van der Waals surface area (Å²) in [4.78, 5) is 28.5. The third-order valence-corrected chi connectivity index (χ3v) is 4.20. The number of hydrogen-bond donors (Lipinski definition) is 2. The van der Waals surface area contributed by atoms with Crippen LogP contribution in [0.25, 0.3) is 5.69 Å². The van der Waals surface area contributed by atoms with Crippen LogP contribution in [0.4, 0.5) is 0 Å². The predicted octanol–water partition coefficient (Wildman–Crippen LogP) is 2.57. The molecule has 2 aromatic heterocycles. The van der Waals surface area contributed by atoms with Gasteiger partial charge in [0, 0.05) is 35.5 Å². The zero-order valence-corrected chi connectivity index (χ0v) is 15.3. The number of hydrazine groups is 1. The first-order valence-electron chi connectivity index (χ1n) is 8.35. The lowest BCUT2D eigenvalue weighted by molar-refractivity contribution is 0.0846. The normalized spacial score (nSPS) is 10.3. The summed E-state index contributed by atoms with van der Waals surface area (Å²) in [6, 6.07) is 12.6. The highest BCUT2D eigenvalue weighted by atomic mass is 16.5. The molecule has 0 radical (unpaired) electrons. The second kappa shape index (κ2) is 7.74. The van der Waals surface area contributed by atoms with Crippen molar-refractivity contribution in [3.05, 3.63) is 77.4 Å². The maximum atomic E-state index is 12.5. The van der Waals surface area contributed by atoms with Gasteiger partial charge >= 0.3 is 0 Å². The first kappa shape index (κ1) is 18.2. The van der Waals surface area contributed by atoms with Crippen LogP contribution in [0.2, 0.25) is 0 Å². The summed E-state index contributed by atoms with van der Waals surface area (Å²) < 4.78 is 7.23. The fraction of sp³-hybridized carbons (Fsp3) is 0.150. The van der Waals surface area contributed by atoms with Crippen molar-refractivity contribution in [3.8, 4) is 11.4 Å². The first-order chi connectivity index (χ1) is 13.0. The summed E-state index contributed by atoms with van der Waals surface area (Å²) in [5.74, 6) is -0.0951. The second-order valence-electron chi connectivity index (χ2n) is 5.97. The van der Waals surface area contributed by atoms with Gasteiger partial charge in [-0.05, 0) is 44.2 Å². The molecule has 0 saturated heterocycles. The fourth-order valence-corrected chi connectivity index (χ4v) is 2.89. The molecule has 0 aliphatic rings. The summed E-state index contributed by atoms with van der Waals surface area (Å²) in [5.41, 5.74) is 8.23. The predicted molar refractivity (Wildman–Crippen MR) is 101 cm³/mol. The molecular formula is C20H20N4O3. The highest BCUT2D eigenvalue weighted by Crippen LogP contribution is 2.23. The largest absolute Gasteiger partial charge is 0.497 e. The molecule has 0 aliphatic carbocycles. The molecule has 7 nitrogen and oxygen atoms in total. The van der Waals surface area contributed by atoms with E-state index in [9.17, 15) is 9.59 Å². The van der Waals surface area contributed by atoms with Gasteiger partial charge in [0.15, 0.2) is 0 Å². The molecule has 0 saturated carbocycles. The Morgan fingerprint density at radius 2 is 1.81 bits per heavy atom. The van der Waals surface area contributed by atoms with Crippen LogP contribution >= 0.6 is 0 Å². The zero-order chi connectivity index (χ0) is 19.4. The van der Waals surface area contributed by atoms with Gasteiger partial charge in [-0.25, -0.2) is 0 Å². The summed E-state index contributed by atoms with van der Waals surface area (Å²) in [6.07, 6.45) is 3.00. The van der Waals surface area contributed by atoms with Crippen molar-refractivity contribution in [2.45, 2.75) is 13.8 Å². The fourth-order valence-electron chi connectivity index (χ4n) is 2.89. The van der Waals surface area contributed by atoms with Crippen LogP contribution in [0.1, 0.15) is 32.1 Å². The molecule has 27 heavy (non-hydrogen) atoms. The molecule has 7 heteroatoms. The van der Waals surface area contributed by atoms with Crippen LogP contribution in [-0.2, 0) is 0 Å². The lowest BCUT2D eigenvalue weighted by Crippen LogP contribution is -2.41. The van der Waals surface area contributed by atoms with Crippen LogP contribution < -0.4 is 15.6 Å². The van der Waals surface area contributed by atoms with E-state index in [1.54, 1.807) is 31.5 Å². The van der Waals surface area contributed by atoms with E-state index in [4.69, 9.17) is 4.74 Å². The van der Waals surface area contributed by atoms with E-state index in [0.29, 0.717) is 11.1 Å². The molecule has 0 unspecified atom stereocenters. The Hall–Kier alpha value is -3.61. The minimum atomic E-state index is -0.432. The second-order valence-corrected chi connectivity index (χ2v) is 5.97. The molecule has 3 rings (SSSR count). The number of amides is 2. The Morgan fingerprint density at radius 3 is 2.52 bits per heavy atom. The number of pyridine rings is 1. The minimum Gasteiger partial charge on any atom is -0.497 e. The van der Waals surface area contributed by atoms with Gasteiger partial charge in [0.2, 0.25) is 0 Å². The van der Waals surface area contributed by atoms with E-state index in [1.807, 2.05) is 42.7 Å². The quantitative estimate of drug-likeness (QED) is 0.697. The maximum Gasteiger partial charge on any atom is 0.271 e. The summed E-state index contributed by atoms with van der Waals surface area (Å²) >= 11 is 0. The third kappa shape index (κ3) is 3.82. The van der Waals surface area contributed by atoms with Crippen LogP contribution in [0, 0.1) is 13.8 Å². The average molecular weight is 364 g/mol. The van der Waals surface area contributed by atoms with Gasteiger partial charge in [0.05, 0.1) is 18.2 Å². The molecule has 0 aliphatic heterocycles. The van der Waals surface area contributed by atoms with Crippen molar-refractivity contribution in [1.82, 2.24) is 20.4 Å². The molecule has 0 fully saturated rings. The molecule has 0 atom stereocenters. The number of rotatable bonds is 4. The Morgan fingerprint density at radius 1 is 1.04 bits per heavy atom. The number of benzene rings is 1. The van der Waals surface area contributed by atoms with Gasteiger partial charge in [-0.3, -0.25) is 25.4 Å². The smallest absolute Gasteiger partial charge is 0.271 e. The Kier molecular flexibility index (Phi) is 5.21. The maximum absolute atomic E-state index is 12.5. The molecule has 3 aromatic rings. The Balaban J connectivity index is 1.79. The van der Waals surface area contributed by atoms with Gasteiger partial charge < -0.3 is 9.30 Å². The number of nitrogens with zero attached hydrogens (tertiary/aromatic N) is 2. The molecule has 1 aromatic carbocycles. The highest BCUT2D eigenvalue weighted by Gasteiger charge is 2.17. The van der Waals surface area contributed by atoms with Crippen LogP contribution in [0.15, 0.2) is 54.9 Å². The topological polar surface area (TPSA) is 85.2 Å². The molecule has 0 bridgehead atoms. The van der Waals surface area contributed by atoms with E-state index in [-0.39, 0.29) is 0 Å². The zero-order valence-electron chi connectivity index (χ0n) is 15.3. The minimum absolute atomic E-state index is 0.361. The standard InChI is InChI=1S/C20H20N4O3/c1-13-10-18(14(2)24(13)16-7-4-8-17(11-16)27-3)20(26)23-22-19(25)15-6-5-9-21-12-15/h4-12H,1-3H3,(H,22,25)(H,23,26). The van der Waals surface area contributed by atoms with E-state index >= 15 is 0 Å². The van der Waals surface area contributed by atoms with Gasteiger partial charge in [-0.15, -0.1) is 0 Å². The number of hydrogen-bond acceptors (Lipinski definition) is 4. The molecule has 2 N–H and O–H groups in total. The van der Waals surface area contributed by atoms with Crippen molar-refractivity contribution in [2.75, 3.05) is 7.11 Å². The van der Waals surface area contributed by atoms with E-state index in [1.165, 1.54) is 6.20 Å². The van der Waals surface area contributed by atoms with E-state index in [2.05, 4.69) is 15.8 Å². The number of methoxy groups -OCH3 is 1. The molecule has 2 heterocycles. The number of carbonyl (C=O) groups excluding carboxylic acids is 2. The monoisotopic (exact) mass is 364 g/mol. The number of ether oxygens (including phenoxy) is 1. The van der Waals surface area contributed by atoms with Crippen molar-refractivity contribution in [3.63, 3.8) is 0 Å². The molecule has 0 spiro atoms. The summed E-state index contributed by atoms with van der Waals surface area (Å²) in [7, 11) is 1.61. The number of aromatic nitrogens is 2. The Labute approximate surface area is 157 Å². The molecular weight excluding hydrogens is 344 g/mol. The third-order valence-electron chi connectivity index (χ3n) is 4.20. The van der Waals surface area contributed by atoms with Gasteiger partial charge in [-0.2, -0.15) is 0 Å². The van der Waals surface area contributed by atoms with Crippen LogP contribution in [0.5, 0.6) is 5.75 Å². The lowest BCUT2D eigenvalue weighted by atomic mass is 10.2. The van der Waals surface area contributed by atoms with E-state index in [0.717, 1.165) is 22.8 Å². The van der Waals surface area contributed by atoms with Crippen molar-refractivity contribution >= 4 is 11.8 Å². The SMILES string of the molecule is COc1cccc(-n2c(C)cc(C(=O)NNC(=O)c3cccnc3)c2C)c1. The number of aryl methyl sites for hydroxylation is 1. The summed E-state index contributed by atoms with van der Waals surface area (Å²) in [6.45, 7) is 3.77. The lowest BCUT2D eigenvalue weighted by Gasteiger charge is -2.11. The molecule has 138 valence electrons. The number of nitrogens with one attached hydrogen (secondary N) is 2. The summed E-state index contributed by atoms with van der Waals surface area (Å²) in [5, 5.41) is 0. The van der Waals surface area contributed by atoms with Crippen LogP contribution in [0.3, 0.4) is 0 Å². The van der Waals surface area contributed by atoms with Crippen molar-refractivity contribution < 1.29 is 14.3 Å². The van der Waals surface area contributed by atoms with Crippen LogP contribution in [-0.4, -0.2) is 28.5 Å². The average Bonchev–Trinajstić information content (AvgIpc) is 3.00. The van der Waals surface area contributed by atoms with E-state index < -0.39 is 11.8 Å². The van der Waals surface area contributed by atoms with Crippen molar-refractivity contribution in [1.29, 1.82) is 0 Å². The highest BCUT2D eigenvalue weighted by molar-refractivity contribution is 5.99. The molecule has 2 amide bonds. The van der Waals surface area contributed by atoms with Crippen molar-refractivity contribution in [2.24, 2.45) is 0 Å². The van der Waals surface area contributed by atoms with Gasteiger partial charge in [0.25, 0.3) is 11.8 Å². The Bertz CT molecular complexity index is 980. The first-order valence-corrected chi connectivity index (χ1v) is 8.35. The number of carbonyl (C=O) groups is 2. The van der Waals surface area contributed by atoms with Gasteiger partial charge in [0.1, 0.15) is 5.75 Å².